The Labute approximate surface area is 125 Å². The molecule has 20 heavy (non-hydrogen) atoms. The van der Waals surface area contributed by atoms with Crippen molar-refractivity contribution in [3.8, 4) is 0 Å². The summed E-state index contributed by atoms with van der Waals surface area (Å²) in [5.74, 6) is 0.592. The van der Waals surface area contributed by atoms with E-state index in [-0.39, 0.29) is 11.3 Å². The first-order chi connectivity index (χ1) is 9.36. The zero-order valence-electron chi connectivity index (χ0n) is 13.6. The average molecular weight is 305 g/mol. The van der Waals surface area contributed by atoms with Crippen LogP contribution < -0.4 is 5.32 Å². The van der Waals surface area contributed by atoms with Crippen LogP contribution in [0.25, 0.3) is 0 Å². The first-order valence-corrected chi connectivity index (χ1v) is 9.87. The number of nitrogens with one attached hydrogen (secondary N) is 1. The molecule has 0 radical (unpaired) electrons. The molecule has 1 fully saturated rings. The third kappa shape index (κ3) is 5.34. The highest BCUT2D eigenvalue weighted by Gasteiger charge is 2.33. The number of piperazine rings is 1. The Balaban J connectivity index is 2.56. The van der Waals surface area contributed by atoms with E-state index in [4.69, 9.17) is 0 Å². The van der Waals surface area contributed by atoms with Gasteiger partial charge in [-0.15, -0.1) is 0 Å². The first kappa shape index (κ1) is 17.9. The van der Waals surface area contributed by atoms with E-state index >= 15 is 0 Å². The maximum absolute atomic E-state index is 11.6. The van der Waals surface area contributed by atoms with Crippen LogP contribution in [-0.4, -0.2) is 56.0 Å². The van der Waals surface area contributed by atoms with Gasteiger partial charge in [-0.2, -0.15) is 0 Å². The van der Waals surface area contributed by atoms with Crippen LogP contribution in [0.5, 0.6) is 0 Å². The third-order valence-electron chi connectivity index (χ3n) is 4.58. The van der Waals surface area contributed by atoms with Gasteiger partial charge in [-0.25, -0.2) is 8.42 Å². The molecule has 4 nitrogen and oxygen atoms in total. The van der Waals surface area contributed by atoms with E-state index in [2.05, 4.69) is 31.0 Å². The molecule has 0 aromatic rings. The van der Waals surface area contributed by atoms with Crippen LogP contribution in [0.3, 0.4) is 0 Å². The van der Waals surface area contributed by atoms with Gasteiger partial charge in [0.2, 0.25) is 0 Å². The van der Waals surface area contributed by atoms with Gasteiger partial charge in [-0.1, -0.05) is 27.2 Å². The fourth-order valence-corrected chi connectivity index (χ4v) is 3.73. The van der Waals surface area contributed by atoms with Crippen molar-refractivity contribution in [1.29, 1.82) is 0 Å². The fourth-order valence-electron chi connectivity index (χ4n) is 2.87. The highest BCUT2D eigenvalue weighted by molar-refractivity contribution is 7.91. The molecule has 0 aromatic heterocycles. The minimum absolute atomic E-state index is 0.174. The summed E-state index contributed by atoms with van der Waals surface area (Å²) in [6.07, 6.45) is 4.23. The predicted octanol–water partition coefficient (Wildman–Crippen LogP) is 2.05. The zero-order valence-corrected chi connectivity index (χ0v) is 14.4. The number of nitrogens with zero attached hydrogens (tertiary/aromatic N) is 1. The molecule has 5 heteroatoms. The van der Waals surface area contributed by atoms with E-state index in [0.717, 1.165) is 32.5 Å². The Morgan fingerprint density at radius 1 is 1.30 bits per heavy atom. The summed E-state index contributed by atoms with van der Waals surface area (Å²) in [6, 6.07) is 0.559. The maximum atomic E-state index is 11.6. The quantitative estimate of drug-likeness (QED) is 0.746. The van der Waals surface area contributed by atoms with Gasteiger partial charge in [0.05, 0.1) is 5.75 Å². The van der Waals surface area contributed by atoms with Gasteiger partial charge in [0, 0.05) is 30.4 Å². The van der Waals surface area contributed by atoms with Crippen LogP contribution in [0.4, 0.5) is 0 Å². The molecule has 120 valence electrons. The van der Waals surface area contributed by atoms with E-state index in [0.29, 0.717) is 11.8 Å². The monoisotopic (exact) mass is 304 g/mol. The molecule has 1 aliphatic rings. The average Bonchev–Trinajstić information content (AvgIpc) is 2.42. The van der Waals surface area contributed by atoms with Crippen LogP contribution in [0.2, 0.25) is 0 Å². The summed E-state index contributed by atoms with van der Waals surface area (Å²) in [5.41, 5.74) is 0.174. The smallest absolute Gasteiger partial charge is 0.150 e. The van der Waals surface area contributed by atoms with E-state index in [9.17, 15) is 8.42 Å². The van der Waals surface area contributed by atoms with Crippen molar-refractivity contribution in [2.45, 2.75) is 65.0 Å². The molecule has 2 atom stereocenters. The second kappa shape index (κ2) is 7.76. The number of hydrogen-bond acceptors (Lipinski definition) is 4. The van der Waals surface area contributed by atoms with Crippen molar-refractivity contribution in [3.05, 3.63) is 0 Å². The van der Waals surface area contributed by atoms with E-state index in [1.54, 1.807) is 6.92 Å². The molecule has 0 aliphatic carbocycles. The second-order valence-electron chi connectivity index (χ2n) is 6.30. The lowest BCUT2D eigenvalue weighted by Crippen LogP contribution is -2.62. The SMILES string of the molecule is CCCC1CNC(C)(CC)CN1CCCS(=O)(=O)CC. The van der Waals surface area contributed by atoms with E-state index in [1.807, 2.05) is 0 Å². The lowest BCUT2D eigenvalue weighted by Gasteiger charge is -2.46. The normalized spacial score (nSPS) is 28.7. The summed E-state index contributed by atoms with van der Waals surface area (Å²) < 4.78 is 23.2. The summed E-state index contributed by atoms with van der Waals surface area (Å²) >= 11 is 0. The molecule has 1 saturated heterocycles. The van der Waals surface area contributed by atoms with Crippen molar-refractivity contribution in [2.24, 2.45) is 0 Å². The Bertz CT molecular complexity index is 383. The topological polar surface area (TPSA) is 49.4 Å². The second-order valence-corrected chi connectivity index (χ2v) is 8.77. The van der Waals surface area contributed by atoms with Crippen molar-refractivity contribution >= 4 is 9.84 Å². The molecule has 2 unspecified atom stereocenters. The zero-order chi connectivity index (χ0) is 15.2. The number of hydrogen-bond donors (Lipinski definition) is 1. The summed E-state index contributed by atoms with van der Waals surface area (Å²) in [7, 11) is -2.83. The molecule has 0 saturated carbocycles. The van der Waals surface area contributed by atoms with Crippen molar-refractivity contribution < 1.29 is 8.42 Å². The summed E-state index contributed by atoms with van der Waals surface area (Å²) in [4.78, 5) is 2.51. The van der Waals surface area contributed by atoms with Crippen LogP contribution in [-0.2, 0) is 9.84 Å². The molecule has 0 bridgehead atoms. The maximum Gasteiger partial charge on any atom is 0.150 e. The van der Waals surface area contributed by atoms with Crippen LogP contribution in [0.15, 0.2) is 0 Å². The van der Waals surface area contributed by atoms with Crippen LogP contribution >= 0.6 is 0 Å². The highest BCUT2D eigenvalue weighted by Crippen LogP contribution is 2.21. The van der Waals surface area contributed by atoms with E-state index in [1.165, 1.54) is 12.8 Å². The molecule has 0 aromatic carbocycles. The van der Waals surface area contributed by atoms with Crippen molar-refractivity contribution in [3.63, 3.8) is 0 Å². The van der Waals surface area contributed by atoms with Gasteiger partial charge < -0.3 is 5.32 Å². The third-order valence-corrected chi connectivity index (χ3v) is 6.37. The van der Waals surface area contributed by atoms with Crippen LogP contribution in [0, 0.1) is 0 Å². The van der Waals surface area contributed by atoms with Crippen molar-refractivity contribution in [2.75, 3.05) is 31.1 Å². The molecule has 1 N–H and O–H groups in total. The minimum atomic E-state index is -2.83. The highest BCUT2D eigenvalue weighted by atomic mass is 32.2. The number of rotatable bonds is 8. The van der Waals surface area contributed by atoms with Gasteiger partial charge >= 0.3 is 0 Å². The first-order valence-electron chi connectivity index (χ1n) is 8.05. The summed E-state index contributed by atoms with van der Waals surface area (Å²) in [6.45, 7) is 11.4. The fraction of sp³-hybridized carbons (Fsp3) is 1.00. The Morgan fingerprint density at radius 2 is 2.00 bits per heavy atom. The standard InChI is InChI=1S/C15H32N2O2S/c1-5-9-14-12-16-15(4,6-2)13-17(14)10-8-11-20(18,19)7-3/h14,16H,5-13H2,1-4H3. The Kier molecular flexibility index (Phi) is 6.95. The minimum Gasteiger partial charge on any atom is -0.309 e. The largest absolute Gasteiger partial charge is 0.309 e. The molecule has 0 spiro atoms. The van der Waals surface area contributed by atoms with Gasteiger partial charge in [0.25, 0.3) is 0 Å². The molecular weight excluding hydrogens is 272 g/mol. The van der Waals surface area contributed by atoms with E-state index < -0.39 is 9.84 Å². The van der Waals surface area contributed by atoms with Gasteiger partial charge in [-0.3, -0.25) is 4.90 Å². The van der Waals surface area contributed by atoms with Gasteiger partial charge in [-0.05, 0) is 32.7 Å². The lowest BCUT2D eigenvalue weighted by molar-refractivity contribution is 0.0795. The molecule has 1 aliphatic heterocycles. The van der Waals surface area contributed by atoms with Gasteiger partial charge in [0.15, 0.2) is 0 Å². The molecule has 0 amide bonds. The Morgan fingerprint density at radius 3 is 2.55 bits per heavy atom. The molecular formula is C15H32N2O2S. The summed E-state index contributed by atoms with van der Waals surface area (Å²) in [5, 5.41) is 3.67. The van der Waals surface area contributed by atoms with Crippen molar-refractivity contribution in [1.82, 2.24) is 10.2 Å². The van der Waals surface area contributed by atoms with Crippen LogP contribution in [0.1, 0.15) is 53.4 Å². The predicted molar refractivity (Wildman–Crippen MR) is 85.9 cm³/mol. The number of sulfone groups is 1. The molecule has 1 heterocycles. The van der Waals surface area contributed by atoms with Gasteiger partial charge in [0.1, 0.15) is 9.84 Å². The Hall–Kier alpha value is -0.130. The molecule has 1 rings (SSSR count). The lowest BCUT2D eigenvalue weighted by atomic mass is 9.92.